The van der Waals surface area contributed by atoms with Crippen molar-refractivity contribution in [2.75, 3.05) is 40.8 Å². The number of halogens is 2. The Balaban J connectivity index is 0.00000420. The normalized spacial score (nSPS) is 10.8. The van der Waals surface area contributed by atoms with Crippen molar-refractivity contribution in [1.82, 2.24) is 24.7 Å². The molecule has 1 aromatic heterocycles. The Hall–Kier alpha value is -3.59. The third kappa shape index (κ3) is 8.20. The van der Waals surface area contributed by atoms with E-state index in [0.717, 1.165) is 23.2 Å². The minimum Gasteiger partial charge on any atom is -0.484 e. The van der Waals surface area contributed by atoms with Crippen molar-refractivity contribution in [2.45, 2.75) is 13.1 Å². The number of aromatic nitrogens is 2. The molecule has 2 amide bonds. The number of likely N-dealkylation sites (N-methyl/N-ethyl adjacent to an activating group) is 2. The molecule has 4 aromatic rings. The number of amides is 2. The average molecular weight is 571 g/mol. The van der Waals surface area contributed by atoms with E-state index in [4.69, 9.17) is 16.3 Å². The van der Waals surface area contributed by atoms with E-state index in [1.165, 1.54) is 0 Å². The molecule has 3 aromatic carbocycles. The molecule has 0 aliphatic carbocycles. The van der Waals surface area contributed by atoms with Gasteiger partial charge in [0.2, 0.25) is 0 Å². The monoisotopic (exact) mass is 569 g/mol. The molecule has 1 heterocycles. The fourth-order valence-electron chi connectivity index (χ4n) is 3.93. The van der Waals surface area contributed by atoms with Gasteiger partial charge in [-0.25, -0.2) is 4.98 Å². The molecule has 0 bridgehead atoms. The molecule has 8 nitrogen and oxygen atoms in total. The van der Waals surface area contributed by atoms with Crippen molar-refractivity contribution in [3.63, 3.8) is 0 Å². The molecular weight excluding hydrogens is 537 g/mol. The summed E-state index contributed by atoms with van der Waals surface area (Å²) in [5.74, 6) is 0.488. The Bertz CT molecular complexity index is 1410. The number of carbonyl (C=O) groups excluding carboxylic acids is 2. The van der Waals surface area contributed by atoms with Gasteiger partial charge in [-0.2, -0.15) is 0 Å². The highest BCUT2D eigenvalue weighted by Gasteiger charge is 2.18. The summed E-state index contributed by atoms with van der Waals surface area (Å²) >= 11 is 6.25. The van der Waals surface area contributed by atoms with Gasteiger partial charge in [-0.15, -0.1) is 12.4 Å². The van der Waals surface area contributed by atoms with Gasteiger partial charge < -0.3 is 24.4 Å². The molecule has 0 aliphatic rings. The van der Waals surface area contributed by atoms with Gasteiger partial charge >= 0.3 is 0 Å². The van der Waals surface area contributed by atoms with Gasteiger partial charge in [0.25, 0.3) is 11.8 Å². The van der Waals surface area contributed by atoms with Crippen molar-refractivity contribution in [3.8, 4) is 5.75 Å². The number of benzene rings is 3. The Morgan fingerprint density at radius 1 is 0.949 bits per heavy atom. The summed E-state index contributed by atoms with van der Waals surface area (Å²) in [5, 5.41) is 3.55. The quantitative estimate of drug-likeness (QED) is 0.288. The topological polar surface area (TPSA) is 79.7 Å². The summed E-state index contributed by atoms with van der Waals surface area (Å²) in [4.78, 5) is 33.9. The fraction of sp³-hybridized carbons (Fsp3) is 0.276. The predicted octanol–water partition coefficient (Wildman–Crippen LogP) is 4.49. The number of fused-ring (bicyclic) bond motifs is 1. The van der Waals surface area contributed by atoms with E-state index in [1.54, 1.807) is 24.1 Å². The van der Waals surface area contributed by atoms with Crippen LogP contribution in [-0.2, 0) is 17.9 Å². The number of imidazole rings is 1. The summed E-state index contributed by atoms with van der Waals surface area (Å²) in [6.45, 7) is 2.13. The summed E-state index contributed by atoms with van der Waals surface area (Å²) < 4.78 is 7.60. The van der Waals surface area contributed by atoms with E-state index in [-0.39, 0.29) is 37.4 Å². The Morgan fingerprint density at radius 2 is 1.69 bits per heavy atom. The number of nitrogens with zero attached hydrogens (tertiary/aromatic N) is 4. The first-order valence-electron chi connectivity index (χ1n) is 12.4. The van der Waals surface area contributed by atoms with Crippen LogP contribution in [0.15, 0.2) is 72.8 Å². The maximum atomic E-state index is 13.3. The van der Waals surface area contributed by atoms with Gasteiger partial charge in [0.15, 0.2) is 12.4 Å². The van der Waals surface area contributed by atoms with E-state index >= 15 is 0 Å². The molecule has 206 valence electrons. The molecule has 0 unspecified atom stereocenters. The number of ether oxygens (including phenoxy) is 1. The molecule has 0 saturated carbocycles. The van der Waals surface area contributed by atoms with Gasteiger partial charge in [0, 0.05) is 38.2 Å². The highest BCUT2D eigenvalue weighted by atomic mass is 35.5. The van der Waals surface area contributed by atoms with Crippen LogP contribution in [0.5, 0.6) is 5.75 Å². The van der Waals surface area contributed by atoms with Gasteiger partial charge in [0.1, 0.15) is 5.75 Å². The highest BCUT2D eigenvalue weighted by molar-refractivity contribution is 6.31. The number of nitrogens with one attached hydrogen (secondary N) is 1. The smallest absolute Gasteiger partial charge is 0.287 e. The van der Waals surface area contributed by atoms with Crippen LogP contribution in [0.1, 0.15) is 21.7 Å². The molecule has 0 fully saturated rings. The summed E-state index contributed by atoms with van der Waals surface area (Å²) in [6.07, 6.45) is 0. The van der Waals surface area contributed by atoms with E-state index in [1.807, 2.05) is 84.2 Å². The maximum absolute atomic E-state index is 13.3. The maximum Gasteiger partial charge on any atom is 0.287 e. The third-order valence-electron chi connectivity index (χ3n) is 6.12. The molecule has 1 N–H and O–H groups in total. The first kappa shape index (κ1) is 30.0. The molecule has 0 radical (unpaired) electrons. The zero-order valence-electron chi connectivity index (χ0n) is 22.3. The van der Waals surface area contributed by atoms with Gasteiger partial charge in [0.05, 0.1) is 11.0 Å². The van der Waals surface area contributed by atoms with E-state index in [0.29, 0.717) is 35.2 Å². The molecular formula is C29H33Cl2N5O3. The van der Waals surface area contributed by atoms with Gasteiger partial charge in [-0.3, -0.25) is 9.59 Å². The molecule has 0 aliphatic heterocycles. The molecule has 4 rings (SSSR count). The lowest BCUT2D eigenvalue weighted by Gasteiger charge is -2.19. The molecule has 0 atom stereocenters. The average Bonchev–Trinajstić information content (AvgIpc) is 3.27. The summed E-state index contributed by atoms with van der Waals surface area (Å²) in [6, 6.07) is 22.6. The van der Waals surface area contributed by atoms with Crippen molar-refractivity contribution >= 4 is 46.9 Å². The lowest BCUT2D eigenvalue weighted by molar-refractivity contribution is -0.132. The lowest BCUT2D eigenvalue weighted by atomic mass is 10.2. The van der Waals surface area contributed by atoms with Crippen molar-refractivity contribution in [2.24, 2.45) is 0 Å². The van der Waals surface area contributed by atoms with E-state index < -0.39 is 0 Å². The van der Waals surface area contributed by atoms with E-state index in [2.05, 4.69) is 10.3 Å². The van der Waals surface area contributed by atoms with Crippen LogP contribution < -0.4 is 10.1 Å². The van der Waals surface area contributed by atoms with Crippen LogP contribution in [0.4, 0.5) is 0 Å². The van der Waals surface area contributed by atoms with Crippen molar-refractivity contribution in [1.29, 1.82) is 0 Å². The zero-order chi connectivity index (χ0) is 27.1. The lowest BCUT2D eigenvalue weighted by Crippen LogP contribution is -2.36. The van der Waals surface area contributed by atoms with Crippen LogP contribution in [0.3, 0.4) is 0 Å². The van der Waals surface area contributed by atoms with Gasteiger partial charge in [-0.1, -0.05) is 54.1 Å². The Kier molecular flexibility index (Phi) is 10.7. The first-order valence-corrected chi connectivity index (χ1v) is 12.8. The summed E-state index contributed by atoms with van der Waals surface area (Å²) in [7, 11) is 5.70. The standard InChI is InChI=1S/C29H32ClN5O3.ClH/c1-33(2)14-15-34(3)27(36)20-38-24-11-7-10-22(16-24)18-31-29(37)28-32-25-13-12-23(30)17-26(25)35(28)19-21-8-5-4-6-9-21;/h4-13,16-17H,14-15,18-20H2,1-3H3,(H,31,37);1H. The number of hydrogen-bond acceptors (Lipinski definition) is 5. The molecule has 0 saturated heterocycles. The second-order valence-electron chi connectivity index (χ2n) is 9.38. The molecule has 0 spiro atoms. The first-order chi connectivity index (χ1) is 18.3. The number of rotatable bonds is 11. The largest absolute Gasteiger partial charge is 0.484 e. The second kappa shape index (κ2) is 14.0. The Labute approximate surface area is 239 Å². The third-order valence-corrected chi connectivity index (χ3v) is 6.35. The Morgan fingerprint density at radius 3 is 2.44 bits per heavy atom. The van der Waals surface area contributed by atoms with Crippen LogP contribution in [0.2, 0.25) is 5.02 Å². The minimum atomic E-state index is -0.294. The fourth-order valence-corrected chi connectivity index (χ4v) is 4.10. The second-order valence-corrected chi connectivity index (χ2v) is 9.81. The molecule has 39 heavy (non-hydrogen) atoms. The minimum absolute atomic E-state index is 0. The zero-order valence-corrected chi connectivity index (χ0v) is 23.8. The number of carbonyl (C=O) groups is 2. The molecule has 10 heteroatoms. The predicted molar refractivity (Wildman–Crippen MR) is 157 cm³/mol. The van der Waals surface area contributed by atoms with Crippen LogP contribution in [-0.4, -0.2) is 72.0 Å². The highest BCUT2D eigenvalue weighted by Crippen LogP contribution is 2.22. The van der Waals surface area contributed by atoms with Crippen molar-refractivity contribution < 1.29 is 14.3 Å². The SMILES string of the molecule is CN(C)CCN(C)C(=O)COc1cccc(CNC(=O)c2nc3ccc(Cl)cc3n2Cc2ccccc2)c1.Cl. The van der Waals surface area contributed by atoms with Crippen LogP contribution in [0, 0.1) is 0 Å². The van der Waals surface area contributed by atoms with Crippen LogP contribution in [0.25, 0.3) is 11.0 Å². The summed E-state index contributed by atoms with van der Waals surface area (Å²) in [5.41, 5.74) is 3.39. The van der Waals surface area contributed by atoms with E-state index in [9.17, 15) is 9.59 Å². The number of hydrogen-bond donors (Lipinski definition) is 1. The van der Waals surface area contributed by atoms with Gasteiger partial charge in [-0.05, 0) is 55.6 Å². The van der Waals surface area contributed by atoms with Crippen LogP contribution >= 0.6 is 24.0 Å². The van der Waals surface area contributed by atoms with Crippen molar-refractivity contribution in [3.05, 3.63) is 94.8 Å².